The van der Waals surface area contributed by atoms with Crippen LogP contribution in [0.3, 0.4) is 0 Å². The number of aryl methyl sites for hydroxylation is 1. The van der Waals surface area contributed by atoms with E-state index in [1.54, 1.807) is 24.4 Å². The van der Waals surface area contributed by atoms with Gasteiger partial charge in [0.05, 0.1) is 39.2 Å². The monoisotopic (exact) mass is 508 g/mol. The Morgan fingerprint density at radius 3 is 2.44 bits per heavy atom. The highest BCUT2D eigenvalue weighted by atomic mass is 35.5. The molecule has 0 bridgehead atoms. The molecule has 1 fully saturated rings. The number of rotatable bonds is 4. The molecular weight excluding hydrogens is 487 g/mol. The van der Waals surface area contributed by atoms with Crippen molar-refractivity contribution in [3.05, 3.63) is 106 Å². The Labute approximate surface area is 213 Å². The minimum absolute atomic E-state index is 0.157. The Hall–Kier alpha value is -3.06. The van der Waals surface area contributed by atoms with Crippen LogP contribution in [-0.2, 0) is 0 Å². The molecule has 1 saturated heterocycles. The van der Waals surface area contributed by atoms with Crippen molar-refractivity contribution in [3.8, 4) is 11.4 Å². The molecule has 34 heavy (non-hydrogen) atoms. The van der Waals surface area contributed by atoms with Gasteiger partial charge in [0, 0.05) is 17.6 Å². The van der Waals surface area contributed by atoms with Crippen molar-refractivity contribution in [3.63, 3.8) is 0 Å². The first-order valence-corrected chi connectivity index (χ1v) is 12.0. The largest absolute Gasteiger partial charge is 0.506 e. The molecule has 0 aliphatic carbocycles. The number of pyridine rings is 1. The SMILES string of the molecule is Cc1cc([C@H]2[C@H](c3ccccn3)NC(=S)N2c2ccccc2O)c(C)n1-c1cccc(Cl)c1Cl. The fraction of sp³-hybridized carbons (Fsp3) is 0.154. The van der Waals surface area contributed by atoms with E-state index in [4.69, 9.17) is 35.4 Å². The second kappa shape index (κ2) is 8.95. The highest BCUT2D eigenvalue weighted by molar-refractivity contribution is 7.80. The summed E-state index contributed by atoms with van der Waals surface area (Å²) in [7, 11) is 0. The van der Waals surface area contributed by atoms with Crippen molar-refractivity contribution in [2.45, 2.75) is 25.9 Å². The summed E-state index contributed by atoms with van der Waals surface area (Å²) in [6.45, 7) is 4.09. The highest BCUT2D eigenvalue weighted by Gasteiger charge is 2.43. The van der Waals surface area contributed by atoms with Crippen LogP contribution in [0.4, 0.5) is 5.69 Å². The molecule has 172 valence electrons. The van der Waals surface area contributed by atoms with Gasteiger partial charge < -0.3 is 19.9 Å². The molecule has 4 aromatic rings. The fourth-order valence-electron chi connectivity index (χ4n) is 4.72. The highest BCUT2D eigenvalue weighted by Crippen LogP contribution is 2.46. The molecular formula is C26H22Cl2N4OS. The quantitative estimate of drug-likeness (QED) is 0.301. The molecule has 2 aromatic heterocycles. The molecule has 0 unspecified atom stereocenters. The zero-order valence-electron chi connectivity index (χ0n) is 18.5. The normalized spacial score (nSPS) is 17.8. The van der Waals surface area contributed by atoms with Crippen molar-refractivity contribution < 1.29 is 5.11 Å². The molecule has 0 spiro atoms. The maximum absolute atomic E-state index is 10.7. The predicted octanol–water partition coefficient (Wildman–Crippen LogP) is 6.68. The third-order valence-electron chi connectivity index (χ3n) is 6.20. The van der Waals surface area contributed by atoms with E-state index in [-0.39, 0.29) is 17.8 Å². The summed E-state index contributed by atoms with van der Waals surface area (Å²) in [6, 6.07) is 20.3. The van der Waals surface area contributed by atoms with E-state index in [2.05, 4.69) is 27.9 Å². The Kier molecular flexibility index (Phi) is 5.98. The summed E-state index contributed by atoms with van der Waals surface area (Å²) in [5.74, 6) is 0.157. The topological polar surface area (TPSA) is 53.3 Å². The van der Waals surface area contributed by atoms with E-state index in [9.17, 15) is 5.11 Å². The Morgan fingerprint density at radius 1 is 0.971 bits per heavy atom. The number of nitrogens with one attached hydrogen (secondary N) is 1. The van der Waals surface area contributed by atoms with Gasteiger partial charge in [0.1, 0.15) is 5.75 Å². The lowest BCUT2D eigenvalue weighted by Gasteiger charge is -2.28. The second-order valence-corrected chi connectivity index (χ2v) is 9.39. The molecule has 2 N–H and O–H groups in total. The summed E-state index contributed by atoms with van der Waals surface area (Å²) in [5.41, 5.74) is 5.35. The number of phenolic OH excluding ortho intramolecular Hbond substituents is 1. The molecule has 8 heteroatoms. The third kappa shape index (κ3) is 3.72. The van der Waals surface area contributed by atoms with Crippen molar-refractivity contribution in [2.75, 3.05) is 4.90 Å². The number of halogens is 2. The zero-order chi connectivity index (χ0) is 24.0. The Bertz CT molecular complexity index is 1390. The molecule has 0 saturated carbocycles. The van der Waals surface area contributed by atoms with Gasteiger partial charge in [0.15, 0.2) is 5.11 Å². The maximum atomic E-state index is 10.7. The number of hydrogen-bond donors (Lipinski definition) is 2. The van der Waals surface area contributed by atoms with Crippen molar-refractivity contribution >= 4 is 46.2 Å². The maximum Gasteiger partial charge on any atom is 0.174 e. The van der Waals surface area contributed by atoms with E-state index < -0.39 is 0 Å². The van der Waals surface area contributed by atoms with Crippen molar-refractivity contribution in [2.24, 2.45) is 0 Å². The number of hydrogen-bond acceptors (Lipinski definition) is 3. The van der Waals surface area contributed by atoms with Crippen LogP contribution in [0.2, 0.25) is 10.0 Å². The van der Waals surface area contributed by atoms with Gasteiger partial charge in [0.2, 0.25) is 0 Å². The first-order chi connectivity index (χ1) is 16.4. The van der Waals surface area contributed by atoms with Crippen LogP contribution >= 0.6 is 35.4 Å². The van der Waals surface area contributed by atoms with Crippen LogP contribution in [0.15, 0.2) is 72.9 Å². The van der Waals surface area contributed by atoms with Gasteiger partial charge >= 0.3 is 0 Å². The van der Waals surface area contributed by atoms with E-state index in [0.717, 1.165) is 28.3 Å². The van der Waals surface area contributed by atoms with Crippen LogP contribution in [0, 0.1) is 13.8 Å². The van der Waals surface area contributed by atoms with Gasteiger partial charge in [0.25, 0.3) is 0 Å². The van der Waals surface area contributed by atoms with Crippen LogP contribution in [-0.4, -0.2) is 19.8 Å². The van der Waals surface area contributed by atoms with Gasteiger partial charge in [-0.1, -0.05) is 47.5 Å². The zero-order valence-corrected chi connectivity index (χ0v) is 20.9. The lowest BCUT2D eigenvalue weighted by atomic mass is 9.96. The van der Waals surface area contributed by atoms with Crippen LogP contribution in [0.1, 0.15) is 34.7 Å². The van der Waals surface area contributed by atoms with E-state index in [1.807, 2.05) is 54.3 Å². The van der Waals surface area contributed by atoms with Crippen molar-refractivity contribution in [1.82, 2.24) is 14.9 Å². The van der Waals surface area contributed by atoms with Crippen LogP contribution in [0.5, 0.6) is 5.75 Å². The summed E-state index contributed by atoms with van der Waals surface area (Å²) < 4.78 is 2.10. The predicted molar refractivity (Wildman–Crippen MR) is 141 cm³/mol. The van der Waals surface area contributed by atoms with Gasteiger partial charge in [-0.3, -0.25) is 4.98 Å². The molecule has 1 aliphatic rings. The second-order valence-electron chi connectivity index (χ2n) is 8.22. The minimum Gasteiger partial charge on any atom is -0.506 e. The van der Waals surface area contributed by atoms with Gasteiger partial charge in [-0.25, -0.2) is 0 Å². The Balaban J connectivity index is 1.72. The minimum atomic E-state index is -0.256. The molecule has 2 atom stereocenters. The first kappa shape index (κ1) is 22.7. The number of phenols is 1. The molecule has 5 nitrogen and oxygen atoms in total. The molecule has 5 rings (SSSR count). The molecule has 3 heterocycles. The molecule has 2 aromatic carbocycles. The first-order valence-electron chi connectivity index (χ1n) is 10.8. The number of thiocarbonyl (C=S) groups is 1. The average molecular weight is 509 g/mol. The lowest BCUT2D eigenvalue weighted by molar-refractivity contribution is 0.472. The van der Waals surface area contributed by atoms with Crippen molar-refractivity contribution in [1.29, 1.82) is 0 Å². The fourth-order valence-corrected chi connectivity index (χ4v) is 5.44. The molecule has 1 aliphatic heterocycles. The van der Waals surface area contributed by atoms with E-state index in [0.29, 0.717) is 20.8 Å². The number of anilines is 1. The number of benzene rings is 2. The number of nitrogens with zero attached hydrogens (tertiary/aromatic N) is 3. The van der Waals surface area contributed by atoms with E-state index in [1.165, 1.54) is 0 Å². The van der Waals surface area contributed by atoms with Gasteiger partial charge in [-0.2, -0.15) is 0 Å². The third-order valence-corrected chi connectivity index (χ3v) is 7.32. The summed E-state index contributed by atoms with van der Waals surface area (Å²) in [6.07, 6.45) is 1.77. The van der Waals surface area contributed by atoms with Crippen LogP contribution in [0.25, 0.3) is 5.69 Å². The molecule has 0 radical (unpaired) electrons. The average Bonchev–Trinajstić information content (AvgIpc) is 3.32. The smallest absolute Gasteiger partial charge is 0.174 e. The lowest BCUT2D eigenvalue weighted by Crippen LogP contribution is -2.29. The van der Waals surface area contributed by atoms with Gasteiger partial charge in [-0.15, -0.1) is 0 Å². The molecule has 0 amide bonds. The van der Waals surface area contributed by atoms with Gasteiger partial charge in [-0.05, 0) is 74.1 Å². The van der Waals surface area contributed by atoms with Crippen LogP contribution < -0.4 is 10.2 Å². The number of aromatic nitrogens is 2. The van der Waals surface area contributed by atoms with E-state index >= 15 is 0 Å². The summed E-state index contributed by atoms with van der Waals surface area (Å²) in [5, 5.41) is 15.7. The summed E-state index contributed by atoms with van der Waals surface area (Å²) >= 11 is 18.7. The Morgan fingerprint density at radius 2 is 1.71 bits per heavy atom. The summed E-state index contributed by atoms with van der Waals surface area (Å²) in [4.78, 5) is 6.58. The standard InChI is InChI=1S/C26H22Cl2N4OS/c1-15-14-17(16(2)31(15)21-11-7-8-18(27)23(21)28)25-24(19-9-5-6-13-29-19)30-26(34)32(25)20-10-3-4-12-22(20)33/h3-14,24-25,33H,1-2H3,(H,30,34)/t24-,25-/m0/s1. The number of aromatic hydroxyl groups is 1. The number of para-hydroxylation sites is 2.